The first-order valence-electron chi connectivity index (χ1n) is 16.0. The van der Waals surface area contributed by atoms with Crippen molar-refractivity contribution in [2.75, 3.05) is 6.61 Å². The number of hydrogen-bond donors (Lipinski definition) is 2. The molecule has 2 spiro atoms. The van der Waals surface area contributed by atoms with Crippen LogP contribution in [0.3, 0.4) is 0 Å². The number of halogens is 1. The molecule has 2 aromatic carbocycles. The van der Waals surface area contributed by atoms with Gasteiger partial charge in [0.2, 0.25) is 0 Å². The van der Waals surface area contributed by atoms with Crippen LogP contribution in [0.2, 0.25) is 5.02 Å². The second kappa shape index (κ2) is 13.7. The monoisotopic (exact) mass is 643 g/mol. The fraction of sp³-hybridized carbons (Fsp3) is 0.588. The van der Waals surface area contributed by atoms with Gasteiger partial charge in [-0.25, -0.2) is 9.59 Å². The second-order valence-electron chi connectivity index (χ2n) is 12.6. The molecule has 0 amide bonds. The van der Waals surface area contributed by atoms with Crippen LogP contribution in [0.15, 0.2) is 48.5 Å². The Balaban J connectivity index is 0.000000306. The number of ether oxygens (including phenoxy) is 6. The minimum atomic E-state index is -1.19. The number of esters is 1. The molecule has 5 fully saturated rings. The van der Waals surface area contributed by atoms with E-state index < -0.39 is 54.2 Å². The van der Waals surface area contributed by atoms with Crippen LogP contribution in [-0.2, 0) is 28.4 Å². The number of hydrogen-bond acceptors (Lipinski definition) is 9. The summed E-state index contributed by atoms with van der Waals surface area (Å²) in [6, 6.07) is 13.7. The molecule has 3 saturated heterocycles. The first-order chi connectivity index (χ1) is 21.7. The summed E-state index contributed by atoms with van der Waals surface area (Å²) in [4.78, 5) is 24.9. The molecule has 2 aliphatic carbocycles. The molecule has 0 radical (unpaired) electrons. The molecule has 0 aromatic heterocycles. The normalized spacial score (nSPS) is 30.3. The molecule has 45 heavy (non-hydrogen) atoms. The molecule has 7 rings (SSSR count). The molecule has 3 aliphatic heterocycles. The molecule has 5 aliphatic rings. The van der Waals surface area contributed by atoms with Gasteiger partial charge in [0.15, 0.2) is 30.1 Å². The molecule has 2 aromatic rings. The van der Waals surface area contributed by atoms with E-state index in [1.54, 1.807) is 12.1 Å². The summed E-state index contributed by atoms with van der Waals surface area (Å²) < 4.78 is 37.5. The van der Waals surface area contributed by atoms with Crippen molar-refractivity contribution >= 4 is 23.5 Å². The molecule has 244 valence electrons. The molecule has 6 atom stereocenters. The third-order valence-corrected chi connectivity index (χ3v) is 9.63. The lowest BCUT2D eigenvalue weighted by molar-refractivity contribution is -0.259. The fourth-order valence-electron chi connectivity index (χ4n) is 7.01. The lowest BCUT2D eigenvalue weighted by Crippen LogP contribution is -2.46. The molecule has 3 heterocycles. The quantitative estimate of drug-likeness (QED) is 0.365. The SMILES string of the molecule is C[C@H](N)c1ccc(Cl)cc1.O=C(O)c1ccccc1C(=O)O[C@@H]1[C@H]2OC3(CCCCC3)O[C@H]2O[C@@H]1[C@H]1COC2(CCCCC2)O1. The van der Waals surface area contributed by atoms with E-state index in [4.69, 9.17) is 45.8 Å². The number of fused-ring (bicyclic) bond motifs is 1. The molecular weight excluding hydrogens is 602 g/mol. The number of carboxylic acid groups (broad SMARTS) is 1. The summed E-state index contributed by atoms with van der Waals surface area (Å²) in [5.41, 5.74) is 6.61. The zero-order valence-corrected chi connectivity index (χ0v) is 26.3. The predicted octanol–water partition coefficient (Wildman–Crippen LogP) is 6.15. The van der Waals surface area contributed by atoms with Gasteiger partial charge in [-0.05, 0) is 62.4 Å². The molecule has 10 nitrogen and oxygen atoms in total. The van der Waals surface area contributed by atoms with Gasteiger partial charge in [0.25, 0.3) is 0 Å². The van der Waals surface area contributed by atoms with Gasteiger partial charge in [-0.3, -0.25) is 0 Å². The van der Waals surface area contributed by atoms with Crippen molar-refractivity contribution in [2.45, 2.75) is 119 Å². The lowest BCUT2D eigenvalue weighted by Gasteiger charge is -2.35. The van der Waals surface area contributed by atoms with Crippen LogP contribution in [0.5, 0.6) is 0 Å². The van der Waals surface area contributed by atoms with E-state index in [9.17, 15) is 14.7 Å². The summed E-state index contributed by atoms with van der Waals surface area (Å²) in [6.07, 6.45) is 6.37. The highest BCUT2D eigenvalue weighted by atomic mass is 35.5. The standard InChI is InChI=1S/C26H32O9.C8H10ClN/c27-22(28)16-9-3-4-10-17(16)23(29)31-20-19(18-15-30-25(33-18)11-5-1-6-12-25)32-24-21(20)34-26(35-24)13-7-2-8-14-26;1-6(10)7-2-4-8(9)5-3-7/h3-4,9-10,18-21,24H,1-2,5-8,11-15H2,(H,27,28);2-6H,10H2,1H3/t18-,19-,20+,21-,24-;6-/m10/s1. The molecule has 3 N–H and O–H groups in total. The Morgan fingerprint density at radius 3 is 2.11 bits per heavy atom. The maximum Gasteiger partial charge on any atom is 0.339 e. The third kappa shape index (κ3) is 7.07. The summed E-state index contributed by atoms with van der Waals surface area (Å²) >= 11 is 5.68. The average Bonchev–Trinajstić information content (AvgIpc) is 3.70. The van der Waals surface area contributed by atoms with Crippen LogP contribution >= 0.6 is 11.6 Å². The smallest absolute Gasteiger partial charge is 0.339 e. The molecule has 0 unspecified atom stereocenters. The first kappa shape index (κ1) is 32.4. The van der Waals surface area contributed by atoms with Crippen LogP contribution in [0.25, 0.3) is 0 Å². The van der Waals surface area contributed by atoms with E-state index in [1.165, 1.54) is 12.1 Å². The van der Waals surface area contributed by atoms with Gasteiger partial charge in [-0.15, -0.1) is 0 Å². The Labute approximate surface area is 268 Å². The summed E-state index contributed by atoms with van der Waals surface area (Å²) in [7, 11) is 0. The van der Waals surface area contributed by atoms with Crippen LogP contribution in [0.1, 0.15) is 103 Å². The molecule has 11 heteroatoms. The molecule has 0 bridgehead atoms. The van der Waals surface area contributed by atoms with Gasteiger partial charge in [0.1, 0.15) is 12.2 Å². The van der Waals surface area contributed by atoms with E-state index in [2.05, 4.69) is 0 Å². The second-order valence-corrected chi connectivity index (χ2v) is 13.1. The van der Waals surface area contributed by atoms with Crippen LogP contribution in [-0.4, -0.2) is 65.9 Å². The topological polar surface area (TPSA) is 136 Å². The Kier molecular flexibility index (Phi) is 9.82. The Morgan fingerprint density at radius 1 is 0.867 bits per heavy atom. The van der Waals surface area contributed by atoms with Gasteiger partial charge >= 0.3 is 11.9 Å². The Bertz CT molecular complexity index is 1340. The highest BCUT2D eigenvalue weighted by molar-refractivity contribution is 6.30. The summed E-state index contributed by atoms with van der Waals surface area (Å²) in [5.74, 6) is -3.26. The summed E-state index contributed by atoms with van der Waals surface area (Å²) in [5, 5.41) is 10.3. The van der Waals surface area contributed by atoms with Gasteiger partial charge in [0.05, 0.1) is 17.7 Å². The molecular formula is C34H42ClNO9. The highest BCUT2D eigenvalue weighted by Gasteiger charge is 2.62. The van der Waals surface area contributed by atoms with Crippen molar-refractivity contribution in [2.24, 2.45) is 5.73 Å². The number of carbonyl (C=O) groups is 2. The van der Waals surface area contributed by atoms with E-state index >= 15 is 0 Å². The molecule has 2 saturated carbocycles. The van der Waals surface area contributed by atoms with E-state index in [-0.39, 0.29) is 17.2 Å². The van der Waals surface area contributed by atoms with E-state index in [0.29, 0.717) is 6.61 Å². The minimum absolute atomic E-state index is 0.0131. The van der Waals surface area contributed by atoms with Crippen molar-refractivity contribution in [3.05, 3.63) is 70.2 Å². The lowest BCUT2D eigenvalue weighted by atomic mass is 9.94. The Morgan fingerprint density at radius 2 is 1.49 bits per heavy atom. The number of aromatic carboxylic acids is 1. The number of carbonyl (C=O) groups excluding carboxylic acids is 1. The number of nitrogens with two attached hydrogens (primary N) is 1. The zero-order valence-electron chi connectivity index (χ0n) is 25.5. The van der Waals surface area contributed by atoms with Crippen molar-refractivity contribution in [3.63, 3.8) is 0 Å². The van der Waals surface area contributed by atoms with Gasteiger partial charge in [-0.1, -0.05) is 48.7 Å². The van der Waals surface area contributed by atoms with Crippen molar-refractivity contribution in [1.29, 1.82) is 0 Å². The van der Waals surface area contributed by atoms with Crippen molar-refractivity contribution in [3.8, 4) is 0 Å². The van der Waals surface area contributed by atoms with Crippen LogP contribution < -0.4 is 5.73 Å². The largest absolute Gasteiger partial charge is 0.478 e. The van der Waals surface area contributed by atoms with Gasteiger partial charge in [0, 0.05) is 36.7 Å². The van der Waals surface area contributed by atoms with Crippen LogP contribution in [0.4, 0.5) is 0 Å². The maximum atomic E-state index is 13.2. The maximum absolute atomic E-state index is 13.2. The fourth-order valence-corrected chi connectivity index (χ4v) is 7.14. The number of benzene rings is 2. The van der Waals surface area contributed by atoms with E-state index in [0.717, 1.165) is 74.8 Å². The predicted molar refractivity (Wildman–Crippen MR) is 164 cm³/mol. The van der Waals surface area contributed by atoms with Gasteiger partial charge in [-0.2, -0.15) is 0 Å². The van der Waals surface area contributed by atoms with Crippen LogP contribution in [0, 0.1) is 0 Å². The van der Waals surface area contributed by atoms with Crippen molar-refractivity contribution in [1.82, 2.24) is 0 Å². The number of carboxylic acids is 1. The zero-order chi connectivity index (χ0) is 31.6. The third-order valence-electron chi connectivity index (χ3n) is 9.38. The van der Waals surface area contributed by atoms with Crippen molar-refractivity contribution < 1.29 is 43.1 Å². The first-order valence-corrected chi connectivity index (χ1v) is 16.4. The average molecular weight is 644 g/mol. The highest BCUT2D eigenvalue weighted by Crippen LogP contribution is 2.48. The Hall–Kier alpha value is -2.57. The minimum Gasteiger partial charge on any atom is -0.478 e. The summed E-state index contributed by atoms with van der Waals surface area (Å²) in [6.45, 7) is 2.28. The number of rotatable bonds is 5. The van der Waals surface area contributed by atoms with E-state index in [1.807, 2.05) is 31.2 Å². The van der Waals surface area contributed by atoms with Gasteiger partial charge < -0.3 is 39.3 Å².